The molecule has 0 radical (unpaired) electrons. The Labute approximate surface area is 180 Å². The number of fused-ring (bicyclic) bond motifs is 3. The summed E-state index contributed by atoms with van der Waals surface area (Å²) in [5.41, 5.74) is 3.64. The van der Waals surface area contributed by atoms with E-state index in [1.165, 1.54) is 0 Å². The third-order valence-corrected chi connectivity index (χ3v) is 7.48. The number of amides is 1. The van der Waals surface area contributed by atoms with Crippen molar-refractivity contribution in [1.29, 1.82) is 0 Å². The molecule has 0 bridgehead atoms. The molecule has 1 spiro atoms. The van der Waals surface area contributed by atoms with Gasteiger partial charge < -0.3 is 15.2 Å². The smallest absolute Gasteiger partial charge is 0.407 e. The molecule has 2 N–H and O–H groups in total. The molecular weight excluding hydrogens is 400 g/mol. The minimum Gasteiger partial charge on any atom is -0.449 e. The fraction of sp³-hybridized carbons (Fsp3) is 0.480. The van der Waals surface area contributed by atoms with Crippen molar-refractivity contribution in [2.75, 3.05) is 13.2 Å². The van der Waals surface area contributed by atoms with Gasteiger partial charge in [0.15, 0.2) is 0 Å². The Balaban J connectivity index is 1.22. The second kappa shape index (κ2) is 7.30. The maximum atomic E-state index is 13.5. The van der Waals surface area contributed by atoms with Crippen LogP contribution in [0.5, 0.6) is 0 Å². The van der Waals surface area contributed by atoms with Crippen LogP contribution in [-0.2, 0) is 4.74 Å². The molecule has 1 amide bonds. The van der Waals surface area contributed by atoms with Crippen molar-refractivity contribution < 1.29 is 23.4 Å². The monoisotopic (exact) mass is 427 g/mol. The topological polar surface area (TPSA) is 58.6 Å². The highest BCUT2D eigenvalue weighted by Gasteiger charge is 2.58. The fourth-order valence-electron chi connectivity index (χ4n) is 5.97. The predicted octanol–water partition coefficient (Wildman–Crippen LogP) is 5.25. The zero-order chi connectivity index (χ0) is 21.7. The first-order chi connectivity index (χ1) is 14.8. The zero-order valence-corrected chi connectivity index (χ0v) is 17.4. The SMILES string of the molecule is O=C(NC1(CO)CC2(CCC(F)(F)CC2)C1)OCC1c2ccccc2-c2ccccc21. The van der Waals surface area contributed by atoms with Gasteiger partial charge in [-0.15, -0.1) is 0 Å². The van der Waals surface area contributed by atoms with Crippen molar-refractivity contribution in [3.63, 3.8) is 0 Å². The van der Waals surface area contributed by atoms with E-state index in [4.69, 9.17) is 4.74 Å². The van der Waals surface area contributed by atoms with Crippen LogP contribution in [0.25, 0.3) is 11.1 Å². The molecule has 0 atom stereocenters. The van der Waals surface area contributed by atoms with Crippen LogP contribution in [0, 0.1) is 5.41 Å². The highest BCUT2D eigenvalue weighted by Crippen LogP contribution is 2.58. The van der Waals surface area contributed by atoms with E-state index in [-0.39, 0.29) is 37.4 Å². The lowest BCUT2D eigenvalue weighted by molar-refractivity contribution is -0.122. The van der Waals surface area contributed by atoms with Gasteiger partial charge in [-0.2, -0.15) is 0 Å². The van der Waals surface area contributed by atoms with Crippen molar-refractivity contribution in [2.24, 2.45) is 5.41 Å². The molecule has 6 heteroatoms. The number of hydrogen-bond donors (Lipinski definition) is 2. The molecule has 3 aliphatic rings. The van der Waals surface area contributed by atoms with Crippen LogP contribution in [0.15, 0.2) is 48.5 Å². The highest BCUT2D eigenvalue weighted by atomic mass is 19.3. The van der Waals surface area contributed by atoms with Gasteiger partial charge in [0.25, 0.3) is 0 Å². The van der Waals surface area contributed by atoms with E-state index in [2.05, 4.69) is 29.6 Å². The minimum absolute atomic E-state index is 0.0310. The Kier molecular flexibility index (Phi) is 4.81. The number of rotatable bonds is 4. The van der Waals surface area contributed by atoms with Gasteiger partial charge in [-0.1, -0.05) is 48.5 Å². The number of aliphatic hydroxyl groups is 1. The number of aliphatic hydroxyl groups excluding tert-OH is 1. The molecule has 2 aromatic rings. The van der Waals surface area contributed by atoms with E-state index >= 15 is 0 Å². The molecule has 4 nitrogen and oxygen atoms in total. The number of hydrogen-bond acceptors (Lipinski definition) is 3. The Bertz CT molecular complexity index is 942. The van der Waals surface area contributed by atoms with E-state index in [1.807, 2.05) is 24.3 Å². The predicted molar refractivity (Wildman–Crippen MR) is 113 cm³/mol. The first kappa shape index (κ1) is 20.4. The Morgan fingerprint density at radius 1 is 0.968 bits per heavy atom. The average molecular weight is 427 g/mol. The lowest BCUT2D eigenvalue weighted by Gasteiger charge is -2.58. The number of alkyl carbamates (subject to hydrolysis) is 1. The van der Waals surface area contributed by atoms with Crippen molar-refractivity contribution in [1.82, 2.24) is 5.32 Å². The summed E-state index contributed by atoms with van der Waals surface area (Å²) in [6.45, 7) is -0.00588. The summed E-state index contributed by atoms with van der Waals surface area (Å²) < 4.78 is 32.6. The highest BCUT2D eigenvalue weighted by molar-refractivity contribution is 5.79. The summed E-state index contributed by atoms with van der Waals surface area (Å²) in [4.78, 5) is 12.6. The zero-order valence-electron chi connectivity index (χ0n) is 17.4. The number of nitrogens with one attached hydrogen (secondary N) is 1. The summed E-state index contributed by atoms with van der Waals surface area (Å²) in [5, 5.41) is 12.8. The summed E-state index contributed by atoms with van der Waals surface area (Å²) in [6, 6.07) is 16.3. The normalized spacial score (nSPS) is 22.3. The Hall–Kier alpha value is -2.47. The van der Waals surface area contributed by atoms with Gasteiger partial charge >= 0.3 is 6.09 Å². The summed E-state index contributed by atoms with van der Waals surface area (Å²) in [5.74, 6) is -2.61. The van der Waals surface area contributed by atoms with Crippen LogP contribution in [0.2, 0.25) is 0 Å². The van der Waals surface area contributed by atoms with Gasteiger partial charge in [-0.25, -0.2) is 13.6 Å². The van der Waals surface area contributed by atoms with Gasteiger partial charge in [-0.05, 0) is 53.4 Å². The van der Waals surface area contributed by atoms with E-state index in [1.54, 1.807) is 0 Å². The molecule has 31 heavy (non-hydrogen) atoms. The number of halogens is 2. The van der Waals surface area contributed by atoms with Crippen LogP contribution in [0.4, 0.5) is 13.6 Å². The largest absolute Gasteiger partial charge is 0.449 e. The van der Waals surface area contributed by atoms with E-state index in [9.17, 15) is 18.7 Å². The fourth-order valence-corrected chi connectivity index (χ4v) is 5.97. The molecule has 2 saturated carbocycles. The maximum Gasteiger partial charge on any atom is 0.407 e. The Morgan fingerprint density at radius 2 is 1.52 bits per heavy atom. The van der Waals surface area contributed by atoms with E-state index < -0.39 is 17.6 Å². The molecule has 0 aliphatic heterocycles. The van der Waals surface area contributed by atoms with Crippen molar-refractivity contribution in [3.05, 3.63) is 59.7 Å². The molecule has 0 unspecified atom stereocenters. The van der Waals surface area contributed by atoms with Crippen molar-refractivity contribution in [3.8, 4) is 11.1 Å². The second-order valence-electron chi connectivity index (χ2n) is 9.60. The van der Waals surface area contributed by atoms with E-state index in [0.29, 0.717) is 25.7 Å². The lowest BCUT2D eigenvalue weighted by Crippen LogP contribution is -2.65. The molecule has 2 fully saturated rings. The molecule has 0 aromatic heterocycles. The molecule has 0 heterocycles. The minimum atomic E-state index is -2.58. The van der Waals surface area contributed by atoms with Gasteiger partial charge in [0, 0.05) is 18.8 Å². The van der Waals surface area contributed by atoms with Crippen LogP contribution in [0.1, 0.15) is 55.6 Å². The average Bonchev–Trinajstić information content (AvgIpc) is 3.06. The van der Waals surface area contributed by atoms with Crippen molar-refractivity contribution in [2.45, 2.75) is 55.9 Å². The molecule has 2 aromatic carbocycles. The first-order valence-electron chi connectivity index (χ1n) is 11.0. The number of carbonyl (C=O) groups is 1. The van der Waals surface area contributed by atoms with Crippen LogP contribution < -0.4 is 5.32 Å². The maximum absolute atomic E-state index is 13.5. The third-order valence-electron chi connectivity index (χ3n) is 7.48. The number of alkyl halides is 2. The third kappa shape index (κ3) is 3.61. The summed E-state index contributed by atoms with van der Waals surface area (Å²) in [6.07, 6.45) is 1.14. The van der Waals surface area contributed by atoms with E-state index in [0.717, 1.165) is 22.3 Å². The quantitative estimate of drug-likeness (QED) is 0.701. The van der Waals surface area contributed by atoms with Gasteiger partial charge in [0.1, 0.15) is 6.61 Å². The molecule has 0 saturated heterocycles. The van der Waals surface area contributed by atoms with Gasteiger partial charge in [0.2, 0.25) is 5.92 Å². The first-order valence-corrected chi connectivity index (χ1v) is 11.0. The van der Waals surface area contributed by atoms with Crippen molar-refractivity contribution >= 4 is 6.09 Å². The lowest BCUT2D eigenvalue weighted by atomic mass is 9.52. The van der Waals surface area contributed by atoms with Crippen LogP contribution in [0.3, 0.4) is 0 Å². The molecule has 164 valence electrons. The van der Waals surface area contributed by atoms with Gasteiger partial charge in [0.05, 0.1) is 12.1 Å². The summed E-state index contributed by atoms with van der Waals surface area (Å²) in [7, 11) is 0. The summed E-state index contributed by atoms with van der Waals surface area (Å²) >= 11 is 0. The Morgan fingerprint density at radius 3 is 2.06 bits per heavy atom. The molecule has 3 aliphatic carbocycles. The molecular formula is C25H27F2NO3. The number of carbonyl (C=O) groups excluding carboxylic acids is 1. The molecule has 5 rings (SSSR count). The standard InChI is InChI=1S/C25H27F2NO3/c26-25(27)11-9-23(10-12-25)14-24(15-23,16-29)28-22(30)31-13-21-19-7-3-1-5-17(19)18-6-2-4-8-20(18)21/h1-8,21,29H,9-16H2,(H,28,30). The number of ether oxygens (including phenoxy) is 1. The second-order valence-corrected chi connectivity index (χ2v) is 9.60. The van der Waals surface area contributed by atoms with Gasteiger partial charge in [-0.3, -0.25) is 0 Å². The van der Waals surface area contributed by atoms with Crippen LogP contribution >= 0.6 is 0 Å². The van der Waals surface area contributed by atoms with Crippen LogP contribution in [-0.4, -0.2) is 35.9 Å². The number of benzene rings is 2.